The fraction of sp³-hybridized carbons (Fsp3) is 0.644. The van der Waals surface area contributed by atoms with Gasteiger partial charge < -0.3 is 4.81 Å². The molecule has 2 atom stereocenters. The van der Waals surface area contributed by atoms with E-state index in [-0.39, 0.29) is 7.43 Å². The highest BCUT2D eigenvalue weighted by molar-refractivity contribution is 6.88. The van der Waals surface area contributed by atoms with Crippen molar-refractivity contribution in [2.24, 2.45) is 5.92 Å². The van der Waals surface area contributed by atoms with Crippen molar-refractivity contribution in [1.29, 1.82) is 0 Å². The van der Waals surface area contributed by atoms with E-state index < -0.39 is 8.67 Å². The summed E-state index contributed by atoms with van der Waals surface area (Å²) in [7, 11) is 4.35. The number of hydrogen-bond acceptors (Lipinski definition) is 1. The lowest BCUT2D eigenvalue weighted by Gasteiger charge is -2.38. The van der Waals surface area contributed by atoms with Crippen molar-refractivity contribution in [1.82, 2.24) is 4.81 Å². The van der Waals surface area contributed by atoms with Crippen molar-refractivity contribution in [3.63, 3.8) is 0 Å². The number of benzene rings is 2. The van der Waals surface area contributed by atoms with Crippen LogP contribution in [0.5, 0.6) is 0 Å². The highest BCUT2D eigenvalue weighted by atomic mass is 35.5. The predicted octanol–water partition coefficient (Wildman–Crippen LogP) is 14.2. The van der Waals surface area contributed by atoms with Crippen LogP contribution in [0.4, 0.5) is 0 Å². The lowest BCUT2D eigenvalue weighted by atomic mass is 9.27. The van der Waals surface area contributed by atoms with Crippen molar-refractivity contribution in [3.05, 3.63) is 83.0 Å². The second-order valence-electron chi connectivity index (χ2n) is 16.3. The molecule has 5 aliphatic rings. The molecule has 0 bridgehead atoms. The lowest BCUT2D eigenvalue weighted by Crippen LogP contribution is -2.54. The quantitative estimate of drug-likeness (QED) is 0.216. The van der Waals surface area contributed by atoms with Crippen molar-refractivity contribution < 1.29 is 0 Å². The van der Waals surface area contributed by atoms with Gasteiger partial charge in [-0.15, -0.1) is 46.4 Å². The zero-order chi connectivity index (χ0) is 38.0. The van der Waals surface area contributed by atoms with Gasteiger partial charge in [-0.2, -0.15) is 0 Å². The molecule has 2 aromatic carbocycles. The molecule has 2 heterocycles. The first-order valence-corrected chi connectivity index (χ1v) is 21.4. The van der Waals surface area contributed by atoms with Crippen LogP contribution in [-0.4, -0.2) is 41.1 Å². The van der Waals surface area contributed by atoms with Gasteiger partial charge in [0, 0.05) is 0 Å². The van der Waals surface area contributed by atoms with Gasteiger partial charge in [0.15, 0.2) is 0 Å². The molecule has 7 rings (SSSR count). The summed E-state index contributed by atoms with van der Waals surface area (Å²) in [6.07, 6.45) is 31.2. The maximum Gasteiger partial charge on any atom is 0.222 e. The van der Waals surface area contributed by atoms with E-state index >= 15 is 0 Å². The van der Waals surface area contributed by atoms with Crippen LogP contribution in [0.1, 0.15) is 134 Å². The van der Waals surface area contributed by atoms with E-state index in [0.29, 0.717) is 18.4 Å². The predicted molar refractivity (Wildman–Crippen MR) is 244 cm³/mol. The molecule has 2 unspecified atom stereocenters. The minimum absolute atomic E-state index is 0. The SMILES string of the molecule is C.C1CCCC1.C1CCCC1.CC(C)(Cl)Cl.CC(C)(Cl)Cl.CN(C)B1CCCC1.Cc1cc(C)c(B2c3ccccc3CC3C=CC=CC23)c(C)c1. The fourth-order valence-corrected chi connectivity index (χ4v) is 7.94. The summed E-state index contributed by atoms with van der Waals surface area (Å²) in [4.78, 5) is 2.34. The molecule has 7 heteroatoms. The molecule has 3 aliphatic carbocycles. The molecular weight excluding hydrogens is 718 g/mol. The molecule has 0 aromatic heterocycles. The molecule has 0 radical (unpaired) electrons. The normalized spacial score (nSPS) is 19.8. The number of allylic oxidation sites excluding steroid dienone is 4. The van der Waals surface area contributed by atoms with Gasteiger partial charge in [-0.1, -0.05) is 191 Å². The number of fused-ring (bicyclic) bond motifs is 2. The number of aryl methyl sites for hydroxylation is 3. The summed E-state index contributed by atoms with van der Waals surface area (Å²) < 4.78 is -1.11. The first-order valence-electron chi connectivity index (χ1n) is 19.9. The highest BCUT2D eigenvalue weighted by Gasteiger charge is 2.39. The first kappa shape index (κ1) is 49.2. The van der Waals surface area contributed by atoms with Crippen molar-refractivity contribution >= 4 is 70.9 Å². The summed E-state index contributed by atoms with van der Waals surface area (Å²) in [5, 5.41) is 0. The molecule has 0 spiro atoms. The van der Waals surface area contributed by atoms with Crippen LogP contribution in [0.15, 0.2) is 60.7 Å². The zero-order valence-electron chi connectivity index (χ0n) is 33.6. The van der Waals surface area contributed by atoms with Gasteiger partial charge in [-0.3, -0.25) is 0 Å². The average molecular weight is 792 g/mol. The van der Waals surface area contributed by atoms with Gasteiger partial charge in [0.1, 0.15) is 8.67 Å². The molecule has 1 nitrogen and oxygen atoms in total. The lowest BCUT2D eigenvalue weighted by molar-refractivity contribution is 0.637. The highest BCUT2D eigenvalue weighted by Crippen LogP contribution is 2.35. The largest absolute Gasteiger partial charge is 0.347 e. The summed E-state index contributed by atoms with van der Waals surface area (Å²) >= 11 is 21.2. The monoisotopic (exact) mass is 789 g/mol. The van der Waals surface area contributed by atoms with Crippen LogP contribution in [0.3, 0.4) is 0 Å². The molecular formula is C45H73B2Cl4N. The molecule has 2 saturated carbocycles. The molecule has 3 fully saturated rings. The maximum atomic E-state index is 5.30. The fourth-order valence-electron chi connectivity index (χ4n) is 7.94. The summed E-state index contributed by atoms with van der Waals surface area (Å²) in [5.41, 5.74) is 8.83. The summed E-state index contributed by atoms with van der Waals surface area (Å²) in [6, 6.07) is 13.7. The van der Waals surface area contributed by atoms with Crippen molar-refractivity contribution in [2.45, 2.75) is 166 Å². The van der Waals surface area contributed by atoms with E-state index in [0.717, 1.165) is 6.85 Å². The van der Waals surface area contributed by atoms with Crippen LogP contribution in [0.25, 0.3) is 0 Å². The topological polar surface area (TPSA) is 3.24 Å². The van der Waals surface area contributed by atoms with E-state index in [1.807, 2.05) is 0 Å². The number of hydrogen-bond donors (Lipinski definition) is 0. The maximum absolute atomic E-state index is 5.30. The van der Waals surface area contributed by atoms with E-state index in [2.05, 4.69) is 100 Å². The van der Waals surface area contributed by atoms with Crippen LogP contribution in [-0.2, 0) is 6.42 Å². The zero-order valence-corrected chi connectivity index (χ0v) is 36.7. The van der Waals surface area contributed by atoms with Crippen LogP contribution in [0.2, 0.25) is 18.5 Å². The Hall–Kier alpha value is -0.830. The van der Waals surface area contributed by atoms with Gasteiger partial charge in [0.2, 0.25) is 13.6 Å². The van der Waals surface area contributed by atoms with E-state index in [4.69, 9.17) is 46.4 Å². The molecule has 0 amide bonds. The minimum atomic E-state index is -0.556. The van der Waals surface area contributed by atoms with Gasteiger partial charge in [-0.05, 0) is 80.7 Å². The number of alkyl halides is 4. The Morgan fingerprint density at radius 2 is 1.04 bits per heavy atom. The molecule has 52 heavy (non-hydrogen) atoms. The molecule has 292 valence electrons. The Morgan fingerprint density at radius 1 is 0.635 bits per heavy atom. The Morgan fingerprint density at radius 3 is 1.44 bits per heavy atom. The molecule has 1 saturated heterocycles. The van der Waals surface area contributed by atoms with Gasteiger partial charge in [-0.25, -0.2) is 0 Å². The van der Waals surface area contributed by atoms with E-state index in [9.17, 15) is 0 Å². The number of nitrogens with zero attached hydrogens (tertiary/aromatic N) is 1. The van der Waals surface area contributed by atoms with Crippen LogP contribution < -0.4 is 10.9 Å². The molecule has 2 aromatic rings. The summed E-state index contributed by atoms with van der Waals surface area (Å²) in [5.74, 6) is 1.20. The Balaban J connectivity index is 0.000000380. The third-order valence-corrected chi connectivity index (χ3v) is 10.1. The number of halogens is 4. The Labute approximate surface area is 343 Å². The number of rotatable bonds is 2. The molecule has 2 aliphatic heterocycles. The summed E-state index contributed by atoms with van der Waals surface area (Å²) in [6.45, 7) is 15.0. The Kier molecular flexibility index (Phi) is 24.0. The smallest absolute Gasteiger partial charge is 0.222 e. The average Bonchev–Trinajstić information content (AvgIpc) is 3.86. The second-order valence-corrected chi connectivity index (χ2v) is 20.5. The van der Waals surface area contributed by atoms with Gasteiger partial charge in [0.05, 0.1) is 0 Å². The van der Waals surface area contributed by atoms with Crippen molar-refractivity contribution in [3.8, 4) is 0 Å². The van der Waals surface area contributed by atoms with Crippen LogP contribution >= 0.6 is 46.4 Å². The van der Waals surface area contributed by atoms with Gasteiger partial charge >= 0.3 is 0 Å². The van der Waals surface area contributed by atoms with Gasteiger partial charge in [0.25, 0.3) is 0 Å². The second kappa shape index (κ2) is 25.4. The first-order chi connectivity index (χ1) is 24.0. The third-order valence-electron chi connectivity index (χ3n) is 10.1. The third kappa shape index (κ3) is 20.7. The minimum Gasteiger partial charge on any atom is -0.347 e. The van der Waals surface area contributed by atoms with Crippen molar-refractivity contribution in [2.75, 3.05) is 14.1 Å². The van der Waals surface area contributed by atoms with E-state index in [1.165, 1.54) is 129 Å². The van der Waals surface area contributed by atoms with Crippen LogP contribution in [0, 0.1) is 26.7 Å². The Bertz CT molecular complexity index is 1240. The molecule has 0 N–H and O–H groups in total. The van der Waals surface area contributed by atoms with E-state index in [1.54, 1.807) is 27.7 Å². The standard InChI is InChI=1S/C22H23B.C6H14BN.2C5H10.2C3H6Cl2.CH4/c1-15-12-16(2)22(17(3)13-15)23-20-10-6-4-8-18(20)14-19-9-5-7-11-21(19)23;1-8(2)7-5-3-4-6-7;2*1-2-4-5-3-1;2*1-3(2,4)5;/h4-13,18,20H,14H2,1-3H3;3-6H2,1-2H3;2*1-5H2;2*1-2H3;1H4.